The first-order chi connectivity index (χ1) is 7.37. The Hall–Kier alpha value is -1.11. The number of amides is 2. The van der Waals surface area contributed by atoms with Gasteiger partial charge in [-0.25, -0.2) is 8.42 Å². The molecule has 0 bridgehead atoms. The van der Waals surface area contributed by atoms with Crippen molar-refractivity contribution in [2.45, 2.75) is 25.3 Å². The molecule has 1 aliphatic rings. The number of hydrogen-bond acceptors (Lipinski definition) is 4. The van der Waals surface area contributed by atoms with Crippen LogP contribution in [0.3, 0.4) is 0 Å². The lowest BCUT2D eigenvalue weighted by molar-refractivity contribution is -0.125. The predicted octanol–water partition coefficient (Wildman–Crippen LogP) is -1.18. The van der Waals surface area contributed by atoms with Gasteiger partial charge in [0.1, 0.15) is 9.84 Å². The molecule has 0 unspecified atom stereocenters. The topological polar surface area (TPSA) is 92.3 Å². The molecule has 2 amide bonds. The maximum Gasteiger partial charge on any atom is 0.239 e. The van der Waals surface area contributed by atoms with Crippen molar-refractivity contribution in [3.63, 3.8) is 0 Å². The normalized spacial score (nSPS) is 15.6. The van der Waals surface area contributed by atoms with Crippen molar-refractivity contribution in [1.29, 1.82) is 0 Å². The molecular formula is C9H16N2O4S. The second kappa shape index (κ2) is 5.29. The average Bonchev–Trinajstić information content (AvgIpc) is 2.94. The maximum atomic E-state index is 11.2. The quantitative estimate of drug-likeness (QED) is 0.618. The summed E-state index contributed by atoms with van der Waals surface area (Å²) in [6, 6.07) is 0.264. The van der Waals surface area contributed by atoms with E-state index < -0.39 is 15.7 Å². The Bertz CT molecular complexity index is 373. The van der Waals surface area contributed by atoms with Crippen LogP contribution >= 0.6 is 0 Å². The third kappa shape index (κ3) is 6.39. The van der Waals surface area contributed by atoms with E-state index in [9.17, 15) is 18.0 Å². The zero-order valence-electron chi connectivity index (χ0n) is 9.15. The highest BCUT2D eigenvalue weighted by Gasteiger charge is 2.23. The lowest BCUT2D eigenvalue weighted by Gasteiger charge is -2.05. The Morgan fingerprint density at radius 1 is 1.25 bits per heavy atom. The van der Waals surface area contributed by atoms with Crippen LogP contribution in [0, 0.1) is 0 Å². The first kappa shape index (κ1) is 13.0. The molecule has 0 radical (unpaired) electrons. The summed E-state index contributed by atoms with van der Waals surface area (Å²) in [4.78, 5) is 22.3. The van der Waals surface area contributed by atoms with Crippen molar-refractivity contribution >= 4 is 21.7 Å². The molecule has 0 heterocycles. The highest BCUT2D eigenvalue weighted by molar-refractivity contribution is 7.90. The monoisotopic (exact) mass is 248 g/mol. The number of carbonyl (C=O) groups excluding carboxylic acids is 2. The SMILES string of the molecule is CS(=O)(=O)CCC(=O)NCC(=O)NC1CC1. The Morgan fingerprint density at radius 3 is 2.38 bits per heavy atom. The van der Waals surface area contributed by atoms with Crippen LogP contribution < -0.4 is 10.6 Å². The summed E-state index contributed by atoms with van der Waals surface area (Å²) < 4.78 is 21.5. The summed E-state index contributed by atoms with van der Waals surface area (Å²) in [6.07, 6.45) is 2.96. The van der Waals surface area contributed by atoms with Gasteiger partial charge in [-0.3, -0.25) is 9.59 Å². The van der Waals surface area contributed by atoms with Crippen molar-refractivity contribution in [2.24, 2.45) is 0 Å². The Kier molecular flexibility index (Phi) is 4.28. The van der Waals surface area contributed by atoms with Gasteiger partial charge in [-0.05, 0) is 12.8 Å². The van der Waals surface area contributed by atoms with E-state index >= 15 is 0 Å². The van der Waals surface area contributed by atoms with Crippen LogP contribution in [0.15, 0.2) is 0 Å². The molecule has 0 aromatic carbocycles. The van der Waals surface area contributed by atoms with E-state index in [1.165, 1.54) is 0 Å². The third-order valence-electron chi connectivity index (χ3n) is 2.09. The van der Waals surface area contributed by atoms with Crippen molar-refractivity contribution in [3.8, 4) is 0 Å². The van der Waals surface area contributed by atoms with Crippen molar-refractivity contribution in [2.75, 3.05) is 18.6 Å². The van der Waals surface area contributed by atoms with E-state index in [4.69, 9.17) is 0 Å². The fraction of sp³-hybridized carbons (Fsp3) is 0.778. The first-order valence-electron chi connectivity index (χ1n) is 5.10. The average molecular weight is 248 g/mol. The summed E-state index contributed by atoms with van der Waals surface area (Å²) in [7, 11) is -3.13. The molecule has 7 heteroatoms. The summed E-state index contributed by atoms with van der Waals surface area (Å²) in [5.41, 5.74) is 0. The molecule has 92 valence electrons. The van der Waals surface area contributed by atoms with Gasteiger partial charge in [0, 0.05) is 18.7 Å². The van der Waals surface area contributed by atoms with Crippen molar-refractivity contribution in [3.05, 3.63) is 0 Å². The van der Waals surface area contributed by atoms with Crippen LogP contribution in [0.4, 0.5) is 0 Å². The number of rotatable bonds is 6. The van der Waals surface area contributed by atoms with Gasteiger partial charge in [-0.15, -0.1) is 0 Å². The van der Waals surface area contributed by atoms with Gasteiger partial charge in [-0.2, -0.15) is 0 Å². The summed E-state index contributed by atoms with van der Waals surface area (Å²) >= 11 is 0. The maximum absolute atomic E-state index is 11.2. The number of carbonyl (C=O) groups is 2. The smallest absolute Gasteiger partial charge is 0.239 e. The molecule has 0 aromatic heterocycles. The number of nitrogens with one attached hydrogen (secondary N) is 2. The molecule has 2 N–H and O–H groups in total. The van der Waals surface area contributed by atoms with E-state index in [1.807, 2.05) is 0 Å². The Labute approximate surface area is 94.7 Å². The summed E-state index contributed by atoms with van der Waals surface area (Å²) in [5.74, 6) is -0.838. The van der Waals surface area contributed by atoms with Crippen LogP contribution in [0.1, 0.15) is 19.3 Å². The zero-order valence-corrected chi connectivity index (χ0v) is 9.97. The van der Waals surface area contributed by atoms with Gasteiger partial charge in [-0.1, -0.05) is 0 Å². The molecule has 6 nitrogen and oxygen atoms in total. The minimum atomic E-state index is -3.13. The molecule has 16 heavy (non-hydrogen) atoms. The Morgan fingerprint density at radius 2 is 1.88 bits per heavy atom. The van der Waals surface area contributed by atoms with E-state index in [-0.39, 0.29) is 30.7 Å². The van der Waals surface area contributed by atoms with Gasteiger partial charge in [0.2, 0.25) is 11.8 Å². The van der Waals surface area contributed by atoms with E-state index in [0.717, 1.165) is 19.1 Å². The Balaban J connectivity index is 2.11. The third-order valence-corrected chi connectivity index (χ3v) is 3.03. The zero-order chi connectivity index (χ0) is 12.2. The van der Waals surface area contributed by atoms with Crippen molar-refractivity contribution < 1.29 is 18.0 Å². The number of sulfone groups is 1. The van der Waals surface area contributed by atoms with Gasteiger partial charge < -0.3 is 10.6 Å². The number of hydrogen-bond donors (Lipinski definition) is 2. The predicted molar refractivity (Wildman–Crippen MR) is 58.5 cm³/mol. The van der Waals surface area contributed by atoms with Crippen LogP contribution in [0.5, 0.6) is 0 Å². The molecule has 1 saturated carbocycles. The van der Waals surface area contributed by atoms with E-state index in [2.05, 4.69) is 10.6 Å². The molecule has 1 fully saturated rings. The van der Waals surface area contributed by atoms with Crippen LogP contribution in [-0.2, 0) is 19.4 Å². The minimum absolute atomic E-state index is 0.0842. The standard InChI is InChI=1S/C9H16N2O4S/c1-16(14,15)5-4-8(12)10-6-9(13)11-7-2-3-7/h7H,2-6H2,1H3,(H,10,12)(H,11,13). The molecule has 0 atom stereocenters. The van der Waals surface area contributed by atoms with Gasteiger partial charge >= 0.3 is 0 Å². The van der Waals surface area contributed by atoms with Crippen LogP contribution in [0.25, 0.3) is 0 Å². The summed E-state index contributed by atoms with van der Waals surface area (Å²) in [5, 5.41) is 5.08. The van der Waals surface area contributed by atoms with Gasteiger partial charge in [0.05, 0.1) is 12.3 Å². The molecule has 0 aliphatic heterocycles. The second-order valence-electron chi connectivity index (χ2n) is 4.00. The minimum Gasteiger partial charge on any atom is -0.352 e. The fourth-order valence-corrected chi connectivity index (χ4v) is 1.61. The van der Waals surface area contributed by atoms with E-state index in [0.29, 0.717) is 0 Å². The fourth-order valence-electron chi connectivity index (χ4n) is 1.05. The molecule has 0 saturated heterocycles. The molecule has 1 rings (SSSR count). The largest absolute Gasteiger partial charge is 0.352 e. The highest BCUT2D eigenvalue weighted by atomic mass is 32.2. The van der Waals surface area contributed by atoms with Crippen LogP contribution in [-0.4, -0.2) is 44.8 Å². The van der Waals surface area contributed by atoms with Gasteiger partial charge in [0.15, 0.2) is 0 Å². The molecule has 0 aromatic rings. The van der Waals surface area contributed by atoms with Gasteiger partial charge in [0.25, 0.3) is 0 Å². The highest BCUT2D eigenvalue weighted by Crippen LogP contribution is 2.18. The molecular weight excluding hydrogens is 232 g/mol. The lowest BCUT2D eigenvalue weighted by Crippen LogP contribution is -2.38. The molecule has 0 spiro atoms. The van der Waals surface area contributed by atoms with Crippen LogP contribution in [0.2, 0.25) is 0 Å². The first-order valence-corrected chi connectivity index (χ1v) is 7.16. The summed E-state index contributed by atoms with van der Waals surface area (Å²) in [6.45, 7) is -0.0842. The molecule has 1 aliphatic carbocycles. The van der Waals surface area contributed by atoms with E-state index in [1.54, 1.807) is 0 Å². The second-order valence-corrected chi connectivity index (χ2v) is 6.26. The van der Waals surface area contributed by atoms with Crippen molar-refractivity contribution in [1.82, 2.24) is 10.6 Å². The lowest BCUT2D eigenvalue weighted by atomic mass is 10.4.